The largest absolute Gasteiger partial charge is 0.473 e. The third-order valence-electron chi connectivity index (χ3n) is 3.46. The van der Waals surface area contributed by atoms with Crippen LogP contribution in [0.4, 0.5) is 4.39 Å². The molecule has 0 aliphatic rings. The number of hydrogen-bond donors (Lipinski definition) is 0. The summed E-state index contributed by atoms with van der Waals surface area (Å²) in [6.07, 6.45) is 0. The first-order valence-corrected chi connectivity index (χ1v) is 7.62. The number of aromatic nitrogens is 1. The molecule has 0 bridgehead atoms. The van der Waals surface area contributed by atoms with E-state index in [1.165, 1.54) is 21.0 Å². The van der Waals surface area contributed by atoms with Crippen LogP contribution in [0.25, 0.3) is 5.57 Å². The number of alkyl halides is 1. The van der Waals surface area contributed by atoms with Crippen molar-refractivity contribution in [1.29, 1.82) is 0 Å². The van der Waals surface area contributed by atoms with Crippen molar-refractivity contribution < 1.29 is 18.9 Å². The number of benzene rings is 1. The number of hydrogen-bond acceptors (Lipinski definition) is 4. The van der Waals surface area contributed by atoms with E-state index in [9.17, 15) is 4.39 Å². The summed E-state index contributed by atoms with van der Waals surface area (Å²) in [6, 6.07) is 12.8. The van der Waals surface area contributed by atoms with Gasteiger partial charge in [0.2, 0.25) is 5.88 Å². The predicted octanol–water partition coefficient (Wildman–Crippen LogP) is 4.46. The average Bonchev–Trinajstić information content (AvgIpc) is 2.57. The van der Waals surface area contributed by atoms with Crippen molar-refractivity contribution in [1.82, 2.24) is 4.98 Å². The number of rotatable bonds is 8. The highest BCUT2D eigenvalue weighted by Crippen LogP contribution is 2.25. The number of ether oxygens (including phenoxy) is 1. The Balaban J connectivity index is 2.11. The number of halogens is 1. The molecule has 1 aromatic carbocycles. The van der Waals surface area contributed by atoms with Crippen LogP contribution in [-0.4, -0.2) is 18.7 Å². The summed E-state index contributed by atoms with van der Waals surface area (Å²) < 4.78 is 19.7. The minimum Gasteiger partial charge on any atom is -0.473 e. The Morgan fingerprint density at radius 2 is 1.92 bits per heavy atom. The molecule has 0 saturated heterocycles. The molecule has 5 heteroatoms. The molecule has 128 valence electrons. The maximum absolute atomic E-state index is 14.0. The summed E-state index contributed by atoms with van der Waals surface area (Å²) in [6.45, 7) is 7.49. The highest BCUT2D eigenvalue weighted by atomic mass is 19.1. The third kappa shape index (κ3) is 4.88. The Morgan fingerprint density at radius 3 is 2.62 bits per heavy atom. The fourth-order valence-electron chi connectivity index (χ4n) is 2.18. The average molecular weight is 331 g/mol. The molecule has 0 spiro atoms. The molecule has 0 N–H and O–H groups in total. The predicted molar refractivity (Wildman–Crippen MR) is 91.1 cm³/mol. The maximum atomic E-state index is 14.0. The summed E-state index contributed by atoms with van der Waals surface area (Å²) in [5.74, 6) is 0.381. The van der Waals surface area contributed by atoms with Gasteiger partial charge in [0, 0.05) is 6.07 Å². The van der Waals surface area contributed by atoms with Crippen LogP contribution >= 0.6 is 0 Å². The number of nitrogens with zero attached hydrogens (tertiary/aromatic N) is 1. The van der Waals surface area contributed by atoms with E-state index in [0.29, 0.717) is 18.2 Å². The molecule has 2 aromatic rings. The molecule has 4 nitrogen and oxygen atoms in total. The van der Waals surface area contributed by atoms with Gasteiger partial charge in [-0.3, -0.25) is 0 Å². The summed E-state index contributed by atoms with van der Waals surface area (Å²) in [5.41, 5.74) is 1.47. The van der Waals surface area contributed by atoms with Crippen molar-refractivity contribution in [2.45, 2.75) is 26.1 Å². The molecule has 0 amide bonds. The highest BCUT2D eigenvalue weighted by Gasteiger charge is 2.20. The molecule has 0 unspecified atom stereocenters. The summed E-state index contributed by atoms with van der Waals surface area (Å²) >= 11 is 0. The molecule has 0 aliphatic carbocycles. The monoisotopic (exact) mass is 331 g/mol. The normalized spacial score (nSPS) is 11.3. The molecule has 0 aliphatic heterocycles. The molecule has 2 rings (SSSR count). The Hall–Kier alpha value is -2.24. The Bertz CT molecular complexity index is 695. The van der Waals surface area contributed by atoms with Gasteiger partial charge in [-0.25, -0.2) is 19.1 Å². The van der Waals surface area contributed by atoms with Gasteiger partial charge in [0.15, 0.2) is 0 Å². The van der Waals surface area contributed by atoms with Gasteiger partial charge in [-0.05, 0) is 36.6 Å². The molecule has 0 atom stereocenters. The van der Waals surface area contributed by atoms with Crippen LogP contribution in [0.1, 0.15) is 30.7 Å². The van der Waals surface area contributed by atoms with E-state index in [0.717, 1.165) is 16.7 Å². The van der Waals surface area contributed by atoms with Crippen LogP contribution in [0.5, 0.6) is 5.88 Å². The van der Waals surface area contributed by atoms with E-state index in [4.69, 9.17) is 9.62 Å². The smallest absolute Gasteiger partial charge is 0.213 e. The second kappa shape index (κ2) is 8.04. The van der Waals surface area contributed by atoms with E-state index in [1.54, 1.807) is 18.2 Å². The Kier molecular flexibility index (Phi) is 6.06. The quantitative estimate of drug-likeness (QED) is 0.529. The van der Waals surface area contributed by atoms with Crippen LogP contribution in [-0.2, 0) is 22.1 Å². The van der Waals surface area contributed by atoms with Gasteiger partial charge in [0.25, 0.3) is 0 Å². The van der Waals surface area contributed by atoms with Crippen molar-refractivity contribution in [2.75, 3.05) is 13.7 Å². The maximum Gasteiger partial charge on any atom is 0.213 e. The van der Waals surface area contributed by atoms with Crippen LogP contribution in [0.2, 0.25) is 0 Å². The van der Waals surface area contributed by atoms with Crippen molar-refractivity contribution in [3.05, 3.63) is 65.9 Å². The molecule has 0 fully saturated rings. The second-order valence-corrected chi connectivity index (χ2v) is 5.81. The first-order chi connectivity index (χ1) is 11.4. The van der Waals surface area contributed by atoms with Gasteiger partial charge in [0.05, 0.1) is 12.8 Å². The lowest BCUT2D eigenvalue weighted by molar-refractivity contribution is -0.261. The minimum atomic E-state index is -1.51. The Morgan fingerprint density at radius 1 is 1.17 bits per heavy atom. The zero-order valence-electron chi connectivity index (χ0n) is 14.2. The van der Waals surface area contributed by atoms with Gasteiger partial charge < -0.3 is 4.74 Å². The van der Waals surface area contributed by atoms with Gasteiger partial charge >= 0.3 is 0 Å². The molecule has 0 radical (unpaired) electrons. The van der Waals surface area contributed by atoms with E-state index < -0.39 is 5.67 Å². The minimum absolute atomic E-state index is 0.261. The van der Waals surface area contributed by atoms with Gasteiger partial charge in [0.1, 0.15) is 18.9 Å². The summed E-state index contributed by atoms with van der Waals surface area (Å²) in [5, 5.41) is 0. The molecule has 1 aromatic heterocycles. The molecule has 24 heavy (non-hydrogen) atoms. The topological polar surface area (TPSA) is 40.6 Å². The lowest BCUT2D eigenvalue weighted by Gasteiger charge is -2.15. The van der Waals surface area contributed by atoms with Crippen LogP contribution < -0.4 is 4.74 Å². The van der Waals surface area contributed by atoms with Crippen molar-refractivity contribution in [3.63, 3.8) is 0 Å². The molecule has 1 heterocycles. The lowest BCUT2D eigenvalue weighted by atomic mass is 10.0. The SMILES string of the molecule is C=C(COOC)c1ccccc1COc1cccc(C(C)(C)F)n1. The number of pyridine rings is 1. The summed E-state index contributed by atoms with van der Waals surface area (Å²) in [7, 11) is 1.45. The van der Waals surface area contributed by atoms with Crippen molar-refractivity contribution in [2.24, 2.45) is 0 Å². The second-order valence-electron chi connectivity index (χ2n) is 5.81. The molecular weight excluding hydrogens is 309 g/mol. The zero-order chi connectivity index (χ0) is 17.6. The van der Waals surface area contributed by atoms with Gasteiger partial charge in [-0.1, -0.05) is 36.9 Å². The third-order valence-corrected chi connectivity index (χ3v) is 3.46. The zero-order valence-corrected chi connectivity index (χ0v) is 14.2. The highest BCUT2D eigenvalue weighted by molar-refractivity contribution is 5.66. The first-order valence-electron chi connectivity index (χ1n) is 7.62. The van der Waals surface area contributed by atoms with Crippen molar-refractivity contribution in [3.8, 4) is 5.88 Å². The lowest BCUT2D eigenvalue weighted by Crippen LogP contribution is -2.12. The fourth-order valence-corrected chi connectivity index (χ4v) is 2.18. The van der Waals surface area contributed by atoms with E-state index in [1.807, 2.05) is 24.3 Å². The molecule has 0 saturated carbocycles. The van der Waals surface area contributed by atoms with Gasteiger partial charge in [-0.2, -0.15) is 0 Å². The standard InChI is InChI=1S/C19H22FNO3/c1-14(12-24-22-4)16-9-6-5-8-15(16)13-23-18-11-7-10-17(21-18)19(2,3)20/h5-11H,1,12-13H2,2-4H3. The van der Waals surface area contributed by atoms with E-state index >= 15 is 0 Å². The van der Waals surface area contributed by atoms with Crippen molar-refractivity contribution >= 4 is 5.57 Å². The molecular formula is C19H22FNO3. The van der Waals surface area contributed by atoms with E-state index in [2.05, 4.69) is 16.5 Å². The van der Waals surface area contributed by atoms with E-state index in [-0.39, 0.29) is 6.61 Å². The van der Waals surface area contributed by atoms with Crippen LogP contribution in [0.15, 0.2) is 49.0 Å². The van der Waals surface area contributed by atoms with Crippen LogP contribution in [0, 0.1) is 0 Å². The van der Waals surface area contributed by atoms with Crippen LogP contribution in [0.3, 0.4) is 0 Å². The summed E-state index contributed by atoms with van der Waals surface area (Å²) in [4.78, 5) is 13.8. The Labute approximate surface area is 141 Å². The van der Waals surface area contributed by atoms with Gasteiger partial charge in [-0.15, -0.1) is 0 Å². The first kappa shape index (κ1) is 18.1. The fraction of sp³-hybridized carbons (Fsp3) is 0.316.